The van der Waals surface area contributed by atoms with Gasteiger partial charge in [-0.05, 0) is 48.2 Å². The van der Waals surface area contributed by atoms with Crippen LogP contribution < -0.4 is 10.1 Å². The average Bonchev–Trinajstić information content (AvgIpc) is 2.89. The summed E-state index contributed by atoms with van der Waals surface area (Å²) >= 11 is 6.04. The molecule has 6 heteroatoms. The average molecular weight is 332 g/mol. The molecule has 23 heavy (non-hydrogen) atoms. The zero-order valence-corrected chi connectivity index (χ0v) is 12.8. The van der Waals surface area contributed by atoms with Crippen molar-refractivity contribution < 1.29 is 19.4 Å². The van der Waals surface area contributed by atoms with E-state index in [0.717, 1.165) is 24.0 Å². The lowest BCUT2D eigenvalue weighted by Gasteiger charge is -2.15. The predicted octanol–water partition coefficient (Wildman–Crippen LogP) is 3.81. The third kappa shape index (κ3) is 3.29. The minimum absolute atomic E-state index is 0.189. The van der Waals surface area contributed by atoms with E-state index in [9.17, 15) is 9.59 Å². The monoisotopic (exact) mass is 331 g/mol. The Morgan fingerprint density at radius 1 is 1.22 bits per heavy atom. The lowest BCUT2D eigenvalue weighted by molar-refractivity contribution is 0.0936. The Bertz CT molecular complexity index is 775. The van der Waals surface area contributed by atoms with Crippen molar-refractivity contribution in [3.63, 3.8) is 0 Å². The van der Waals surface area contributed by atoms with Crippen LogP contribution in [0.25, 0.3) is 0 Å². The van der Waals surface area contributed by atoms with Gasteiger partial charge in [0.25, 0.3) is 5.91 Å². The predicted molar refractivity (Wildman–Crippen MR) is 85.1 cm³/mol. The van der Waals surface area contributed by atoms with Crippen molar-refractivity contribution in [1.29, 1.82) is 0 Å². The molecule has 0 bridgehead atoms. The summed E-state index contributed by atoms with van der Waals surface area (Å²) in [6.07, 6.45) is 0.206. The van der Waals surface area contributed by atoms with Crippen LogP contribution in [0.5, 0.6) is 5.75 Å². The van der Waals surface area contributed by atoms with Crippen LogP contribution in [0, 0.1) is 0 Å². The second-order valence-electron chi connectivity index (χ2n) is 5.27. The van der Waals surface area contributed by atoms with Gasteiger partial charge in [-0.15, -0.1) is 0 Å². The molecule has 0 saturated carbocycles. The molecule has 1 aliphatic carbocycles. The maximum atomic E-state index is 12.4. The minimum atomic E-state index is -1.36. The first-order valence-corrected chi connectivity index (χ1v) is 7.51. The Labute approximate surface area is 137 Å². The van der Waals surface area contributed by atoms with Crippen LogP contribution in [-0.2, 0) is 6.42 Å². The standard InChI is InChI=1S/C17H14ClNO4/c18-14-4-2-1-3-12(14)16(20)19-15-8-6-10-5-7-11(9-13(10)15)23-17(21)22/h1-5,7,9,15H,6,8H2,(H,19,20)(H,21,22). The van der Waals surface area contributed by atoms with E-state index in [1.807, 2.05) is 6.07 Å². The Morgan fingerprint density at radius 3 is 2.74 bits per heavy atom. The van der Waals surface area contributed by atoms with Gasteiger partial charge in [-0.25, -0.2) is 4.79 Å². The number of benzene rings is 2. The van der Waals surface area contributed by atoms with Gasteiger partial charge < -0.3 is 15.2 Å². The SMILES string of the molecule is O=C(O)Oc1ccc2c(c1)C(NC(=O)c1ccccc1Cl)CC2. The molecule has 1 aliphatic rings. The van der Waals surface area contributed by atoms with E-state index in [4.69, 9.17) is 16.7 Å². The first-order chi connectivity index (χ1) is 11.0. The summed E-state index contributed by atoms with van der Waals surface area (Å²) in [6.45, 7) is 0. The third-order valence-corrected chi connectivity index (χ3v) is 4.15. The largest absolute Gasteiger partial charge is 0.511 e. The normalized spacial score (nSPS) is 15.8. The molecule has 1 unspecified atom stereocenters. The maximum absolute atomic E-state index is 12.4. The number of fused-ring (bicyclic) bond motifs is 1. The second kappa shape index (κ2) is 6.30. The summed E-state index contributed by atoms with van der Waals surface area (Å²) < 4.78 is 4.68. The summed E-state index contributed by atoms with van der Waals surface area (Å²) in [5, 5.41) is 12.0. The smallest absolute Gasteiger partial charge is 0.449 e. The number of amides is 1. The van der Waals surface area contributed by atoms with E-state index >= 15 is 0 Å². The number of rotatable bonds is 3. The van der Waals surface area contributed by atoms with E-state index in [1.165, 1.54) is 0 Å². The van der Waals surface area contributed by atoms with Crippen molar-refractivity contribution >= 4 is 23.7 Å². The Balaban J connectivity index is 1.81. The van der Waals surface area contributed by atoms with Gasteiger partial charge in [-0.2, -0.15) is 0 Å². The molecular weight excluding hydrogens is 318 g/mol. The Kier molecular flexibility index (Phi) is 4.21. The van der Waals surface area contributed by atoms with E-state index in [1.54, 1.807) is 36.4 Å². The van der Waals surface area contributed by atoms with Gasteiger partial charge in [0, 0.05) is 0 Å². The van der Waals surface area contributed by atoms with Gasteiger partial charge >= 0.3 is 6.16 Å². The number of carbonyl (C=O) groups is 2. The van der Waals surface area contributed by atoms with E-state index in [0.29, 0.717) is 10.6 Å². The molecule has 118 valence electrons. The topological polar surface area (TPSA) is 75.6 Å². The number of carboxylic acid groups (broad SMARTS) is 1. The van der Waals surface area contributed by atoms with Crippen LogP contribution in [0.1, 0.15) is 33.9 Å². The van der Waals surface area contributed by atoms with Gasteiger partial charge in [0.2, 0.25) is 0 Å². The summed E-state index contributed by atoms with van der Waals surface area (Å²) in [7, 11) is 0. The second-order valence-corrected chi connectivity index (χ2v) is 5.68. The lowest BCUT2D eigenvalue weighted by atomic mass is 10.1. The van der Waals surface area contributed by atoms with Crippen LogP contribution in [0.3, 0.4) is 0 Å². The first kappa shape index (κ1) is 15.4. The van der Waals surface area contributed by atoms with E-state index < -0.39 is 6.16 Å². The number of hydrogen-bond acceptors (Lipinski definition) is 3. The Morgan fingerprint density at radius 2 is 2.00 bits per heavy atom. The summed E-state index contributed by atoms with van der Waals surface area (Å²) in [6, 6.07) is 11.8. The lowest BCUT2D eigenvalue weighted by Crippen LogP contribution is -2.27. The van der Waals surface area contributed by atoms with Crippen LogP contribution in [0.15, 0.2) is 42.5 Å². The highest BCUT2D eigenvalue weighted by molar-refractivity contribution is 6.33. The number of carbonyl (C=O) groups excluding carboxylic acids is 1. The molecule has 0 aromatic heterocycles. The van der Waals surface area contributed by atoms with Gasteiger partial charge in [0.05, 0.1) is 16.6 Å². The van der Waals surface area contributed by atoms with Crippen LogP contribution in [0.4, 0.5) is 4.79 Å². The number of hydrogen-bond donors (Lipinski definition) is 2. The van der Waals surface area contributed by atoms with Crippen molar-refractivity contribution in [1.82, 2.24) is 5.32 Å². The minimum Gasteiger partial charge on any atom is -0.449 e. The van der Waals surface area contributed by atoms with E-state index in [2.05, 4.69) is 10.1 Å². The zero-order valence-electron chi connectivity index (χ0n) is 12.1. The molecule has 1 amide bonds. The molecular formula is C17H14ClNO4. The molecule has 1 atom stereocenters. The fourth-order valence-electron chi connectivity index (χ4n) is 2.78. The maximum Gasteiger partial charge on any atom is 0.511 e. The van der Waals surface area contributed by atoms with Gasteiger partial charge in [0.15, 0.2) is 0 Å². The van der Waals surface area contributed by atoms with Crippen molar-refractivity contribution in [2.45, 2.75) is 18.9 Å². The molecule has 0 aliphatic heterocycles. The molecule has 0 heterocycles. The molecule has 5 nitrogen and oxygen atoms in total. The van der Waals surface area contributed by atoms with E-state index in [-0.39, 0.29) is 17.7 Å². The molecule has 2 aromatic rings. The van der Waals surface area contributed by atoms with Gasteiger partial charge in [-0.3, -0.25) is 4.79 Å². The van der Waals surface area contributed by atoms with Crippen LogP contribution >= 0.6 is 11.6 Å². The van der Waals surface area contributed by atoms with Crippen LogP contribution in [-0.4, -0.2) is 17.2 Å². The quantitative estimate of drug-likeness (QED) is 0.662. The van der Waals surface area contributed by atoms with Crippen molar-refractivity contribution in [3.05, 3.63) is 64.2 Å². The molecule has 0 saturated heterocycles. The van der Waals surface area contributed by atoms with Gasteiger partial charge in [0.1, 0.15) is 5.75 Å². The van der Waals surface area contributed by atoms with Crippen molar-refractivity contribution in [2.24, 2.45) is 0 Å². The van der Waals surface area contributed by atoms with Crippen LogP contribution in [0.2, 0.25) is 5.02 Å². The molecule has 0 spiro atoms. The zero-order chi connectivity index (χ0) is 16.4. The number of halogens is 1. The molecule has 2 aromatic carbocycles. The highest BCUT2D eigenvalue weighted by Gasteiger charge is 2.25. The Hall–Kier alpha value is -2.53. The number of aryl methyl sites for hydroxylation is 1. The highest BCUT2D eigenvalue weighted by atomic mass is 35.5. The highest BCUT2D eigenvalue weighted by Crippen LogP contribution is 2.34. The molecule has 3 rings (SSSR count). The summed E-state index contributed by atoms with van der Waals surface area (Å²) in [4.78, 5) is 23.0. The number of nitrogens with one attached hydrogen (secondary N) is 1. The van der Waals surface area contributed by atoms with Gasteiger partial charge in [-0.1, -0.05) is 29.8 Å². The number of ether oxygens (including phenoxy) is 1. The summed E-state index contributed by atoms with van der Waals surface area (Å²) in [5.74, 6) is -0.00634. The molecule has 0 radical (unpaired) electrons. The van der Waals surface area contributed by atoms with Crippen molar-refractivity contribution in [2.75, 3.05) is 0 Å². The molecule has 0 fully saturated rings. The third-order valence-electron chi connectivity index (χ3n) is 3.82. The van der Waals surface area contributed by atoms with Crippen molar-refractivity contribution in [3.8, 4) is 5.75 Å². The summed E-state index contributed by atoms with van der Waals surface area (Å²) in [5.41, 5.74) is 2.37. The molecule has 2 N–H and O–H groups in total. The fraction of sp³-hybridized carbons (Fsp3) is 0.176. The fourth-order valence-corrected chi connectivity index (χ4v) is 3.00. The first-order valence-electron chi connectivity index (χ1n) is 7.13.